The van der Waals surface area contributed by atoms with Gasteiger partial charge in [-0.3, -0.25) is 0 Å². The van der Waals surface area contributed by atoms with Gasteiger partial charge in [-0.25, -0.2) is 4.79 Å². The van der Waals surface area contributed by atoms with Crippen molar-refractivity contribution in [3.63, 3.8) is 0 Å². The number of hydrogen-bond donors (Lipinski definition) is 2. The first kappa shape index (κ1) is 17.5. The first-order chi connectivity index (χ1) is 10.0. The molecule has 2 N–H and O–H groups in total. The number of ether oxygens (including phenoxy) is 2. The Morgan fingerprint density at radius 1 is 1.29 bits per heavy atom. The fraction of sp³-hybridized carbons (Fsp3) is 0.562. The maximum atomic E-state index is 11.8. The number of rotatable bonds is 8. The summed E-state index contributed by atoms with van der Waals surface area (Å²) in [6.07, 6.45) is -0.619. The molecule has 21 heavy (non-hydrogen) atoms. The van der Waals surface area contributed by atoms with E-state index in [0.717, 1.165) is 5.56 Å². The zero-order valence-electron chi connectivity index (χ0n) is 12.9. The van der Waals surface area contributed by atoms with Gasteiger partial charge in [0.2, 0.25) is 0 Å². The second-order valence-electron chi connectivity index (χ2n) is 5.46. The zero-order chi connectivity index (χ0) is 15.7. The van der Waals surface area contributed by atoms with Crippen LogP contribution in [-0.4, -0.2) is 37.1 Å². The van der Waals surface area contributed by atoms with Crippen molar-refractivity contribution in [2.75, 3.05) is 13.7 Å². The highest BCUT2D eigenvalue weighted by molar-refractivity contribution is 5.67. The quantitative estimate of drug-likeness (QED) is 0.772. The molecule has 1 unspecified atom stereocenters. The first-order valence-corrected chi connectivity index (χ1v) is 7.17. The molecule has 2 atom stereocenters. The van der Waals surface area contributed by atoms with E-state index in [4.69, 9.17) is 9.47 Å². The molecule has 5 nitrogen and oxygen atoms in total. The molecule has 1 aromatic rings. The molecular formula is C16H25NO4. The lowest BCUT2D eigenvalue weighted by atomic mass is 10.00. The highest BCUT2D eigenvalue weighted by Gasteiger charge is 2.22. The number of hydrogen-bond acceptors (Lipinski definition) is 4. The van der Waals surface area contributed by atoms with Gasteiger partial charge in [0.15, 0.2) is 0 Å². The summed E-state index contributed by atoms with van der Waals surface area (Å²) in [6.45, 7) is 4.45. The van der Waals surface area contributed by atoms with E-state index in [1.807, 2.05) is 44.2 Å². The number of nitrogens with one attached hydrogen (secondary N) is 1. The summed E-state index contributed by atoms with van der Waals surface area (Å²) < 4.78 is 10.1. The largest absolute Gasteiger partial charge is 0.445 e. The van der Waals surface area contributed by atoms with Crippen LogP contribution in [0.2, 0.25) is 0 Å². The molecule has 5 heteroatoms. The van der Waals surface area contributed by atoms with Crippen LogP contribution in [0.15, 0.2) is 30.3 Å². The fourth-order valence-electron chi connectivity index (χ4n) is 2.02. The molecular weight excluding hydrogens is 270 g/mol. The van der Waals surface area contributed by atoms with Crippen molar-refractivity contribution in [1.82, 2.24) is 5.32 Å². The van der Waals surface area contributed by atoms with Gasteiger partial charge in [-0.1, -0.05) is 44.2 Å². The monoisotopic (exact) mass is 295 g/mol. The van der Waals surface area contributed by atoms with Gasteiger partial charge < -0.3 is 19.9 Å². The number of carbonyl (C=O) groups is 1. The van der Waals surface area contributed by atoms with E-state index in [-0.39, 0.29) is 19.3 Å². The van der Waals surface area contributed by atoms with Crippen LogP contribution in [0.5, 0.6) is 0 Å². The lowest BCUT2D eigenvalue weighted by molar-refractivity contribution is 0.0312. The van der Waals surface area contributed by atoms with Crippen LogP contribution in [0.4, 0.5) is 4.79 Å². The fourth-order valence-corrected chi connectivity index (χ4v) is 2.02. The molecule has 0 bridgehead atoms. The first-order valence-electron chi connectivity index (χ1n) is 7.17. The second-order valence-corrected chi connectivity index (χ2v) is 5.46. The number of benzene rings is 1. The van der Waals surface area contributed by atoms with Crippen molar-refractivity contribution in [1.29, 1.82) is 0 Å². The van der Waals surface area contributed by atoms with Gasteiger partial charge >= 0.3 is 6.09 Å². The van der Waals surface area contributed by atoms with Gasteiger partial charge in [0.1, 0.15) is 6.61 Å². The number of aliphatic hydroxyl groups excluding tert-OH is 1. The van der Waals surface area contributed by atoms with Crippen LogP contribution < -0.4 is 5.32 Å². The van der Waals surface area contributed by atoms with Gasteiger partial charge in [-0.05, 0) is 17.9 Å². The van der Waals surface area contributed by atoms with E-state index in [1.165, 1.54) is 7.11 Å². The van der Waals surface area contributed by atoms with Gasteiger partial charge in [-0.2, -0.15) is 0 Å². The highest BCUT2D eigenvalue weighted by Crippen LogP contribution is 2.10. The SMILES string of the molecule is COCC(O)[C@H](CC(C)C)NC(=O)OCc1ccccc1. The standard InChI is InChI=1S/C16H25NO4/c1-12(2)9-14(15(18)11-20-3)17-16(19)21-10-13-7-5-4-6-8-13/h4-8,12,14-15,18H,9-11H2,1-3H3,(H,17,19)/t14-,15?/m0/s1. The van der Waals surface area contributed by atoms with Crippen molar-refractivity contribution in [3.05, 3.63) is 35.9 Å². The lowest BCUT2D eigenvalue weighted by Crippen LogP contribution is -2.46. The van der Waals surface area contributed by atoms with Crippen LogP contribution in [0.3, 0.4) is 0 Å². The zero-order valence-corrected chi connectivity index (χ0v) is 12.9. The van der Waals surface area contributed by atoms with Crippen LogP contribution in [0, 0.1) is 5.92 Å². The molecule has 0 aromatic heterocycles. The Labute approximate surface area is 126 Å². The van der Waals surface area contributed by atoms with Gasteiger partial charge in [0.25, 0.3) is 0 Å². The van der Waals surface area contributed by atoms with E-state index >= 15 is 0 Å². The minimum Gasteiger partial charge on any atom is -0.445 e. The number of carbonyl (C=O) groups excluding carboxylic acids is 1. The molecule has 0 spiro atoms. The van der Waals surface area contributed by atoms with Gasteiger partial charge in [0, 0.05) is 7.11 Å². The summed E-state index contributed by atoms with van der Waals surface area (Å²) in [5.74, 6) is 0.343. The Bertz CT molecular complexity index is 408. The molecule has 1 rings (SSSR count). The summed E-state index contributed by atoms with van der Waals surface area (Å²) >= 11 is 0. The second kappa shape index (κ2) is 9.37. The van der Waals surface area contributed by atoms with Crippen LogP contribution >= 0.6 is 0 Å². The van der Waals surface area contributed by atoms with E-state index < -0.39 is 12.2 Å². The normalized spacial score (nSPS) is 13.8. The molecule has 0 aliphatic heterocycles. The smallest absolute Gasteiger partial charge is 0.407 e. The van der Waals surface area contributed by atoms with Gasteiger partial charge in [0.05, 0.1) is 18.8 Å². The minimum absolute atomic E-state index is 0.177. The van der Waals surface area contributed by atoms with Crippen molar-refractivity contribution < 1.29 is 19.4 Å². The average Bonchev–Trinajstić information content (AvgIpc) is 2.45. The summed E-state index contributed by atoms with van der Waals surface area (Å²) in [5, 5.41) is 12.7. The van der Waals surface area contributed by atoms with E-state index in [0.29, 0.717) is 12.3 Å². The van der Waals surface area contributed by atoms with Crippen molar-refractivity contribution >= 4 is 6.09 Å². The van der Waals surface area contributed by atoms with E-state index in [9.17, 15) is 9.90 Å². The molecule has 1 aromatic carbocycles. The molecule has 0 fully saturated rings. The summed E-state index contributed by atoms with van der Waals surface area (Å²) in [7, 11) is 1.52. The number of methoxy groups -OCH3 is 1. The van der Waals surface area contributed by atoms with Crippen LogP contribution in [-0.2, 0) is 16.1 Å². The third kappa shape index (κ3) is 7.11. The predicted molar refractivity (Wildman–Crippen MR) is 80.9 cm³/mol. The maximum absolute atomic E-state index is 11.8. The predicted octanol–water partition coefficient (Wildman–Crippen LogP) is 2.33. The molecule has 0 aliphatic carbocycles. The molecule has 118 valence electrons. The maximum Gasteiger partial charge on any atom is 0.407 e. The van der Waals surface area contributed by atoms with Gasteiger partial charge in [-0.15, -0.1) is 0 Å². The third-order valence-corrected chi connectivity index (χ3v) is 3.04. The molecule has 0 radical (unpaired) electrons. The Hall–Kier alpha value is -1.59. The minimum atomic E-state index is -0.748. The Balaban J connectivity index is 2.47. The average molecular weight is 295 g/mol. The topological polar surface area (TPSA) is 67.8 Å². The summed E-state index contributed by atoms with van der Waals surface area (Å²) in [6, 6.07) is 9.08. The Morgan fingerprint density at radius 3 is 2.52 bits per heavy atom. The number of alkyl carbamates (subject to hydrolysis) is 1. The van der Waals surface area contributed by atoms with Crippen molar-refractivity contribution in [2.24, 2.45) is 5.92 Å². The highest BCUT2D eigenvalue weighted by atomic mass is 16.5. The van der Waals surface area contributed by atoms with Crippen molar-refractivity contribution in [3.8, 4) is 0 Å². The molecule has 0 heterocycles. The molecule has 1 amide bonds. The molecule has 0 saturated heterocycles. The Kier molecular flexibility index (Phi) is 7.79. The van der Waals surface area contributed by atoms with E-state index in [1.54, 1.807) is 0 Å². The number of amides is 1. The summed E-state index contributed by atoms with van der Waals surface area (Å²) in [5.41, 5.74) is 0.922. The van der Waals surface area contributed by atoms with Crippen LogP contribution in [0.25, 0.3) is 0 Å². The Morgan fingerprint density at radius 2 is 1.95 bits per heavy atom. The van der Waals surface area contributed by atoms with Crippen LogP contribution in [0.1, 0.15) is 25.8 Å². The van der Waals surface area contributed by atoms with Crippen molar-refractivity contribution in [2.45, 2.75) is 39.0 Å². The molecule has 0 saturated carbocycles. The lowest BCUT2D eigenvalue weighted by Gasteiger charge is -2.25. The summed E-state index contributed by atoms with van der Waals surface area (Å²) in [4.78, 5) is 11.8. The number of aliphatic hydroxyl groups is 1. The molecule has 0 aliphatic rings. The van der Waals surface area contributed by atoms with E-state index in [2.05, 4.69) is 5.32 Å². The third-order valence-electron chi connectivity index (χ3n) is 3.04.